The molecule has 5 aromatic rings. The molecule has 7 nitrogen and oxygen atoms in total. The molecule has 0 atom stereocenters. The fourth-order valence-electron chi connectivity index (χ4n) is 3.40. The zero-order valence-corrected chi connectivity index (χ0v) is 16.3. The summed E-state index contributed by atoms with van der Waals surface area (Å²) >= 11 is 0. The number of aromatic amines is 1. The standard InChI is InChI=1S/C24H16N6O/c25-14-16-5-4-12-27-22(16)20-13-19-21(24(26)30-29-19)23(28-20)15-8-10-18(11-9-15)31-17-6-2-1-3-7-17/h1-13H,(H3,26,29,30). The van der Waals surface area contributed by atoms with Gasteiger partial charge in [-0.1, -0.05) is 18.2 Å². The summed E-state index contributed by atoms with van der Waals surface area (Å²) in [6.45, 7) is 0. The van der Waals surface area contributed by atoms with Crippen molar-refractivity contribution in [2.24, 2.45) is 0 Å². The number of hydrogen-bond donors (Lipinski definition) is 2. The van der Waals surface area contributed by atoms with Crippen molar-refractivity contribution in [1.29, 1.82) is 5.26 Å². The van der Waals surface area contributed by atoms with Crippen LogP contribution in [-0.2, 0) is 0 Å². The van der Waals surface area contributed by atoms with Crippen molar-refractivity contribution in [1.82, 2.24) is 20.2 Å². The molecule has 0 aliphatic rings. The Morgan fingerprint density at radius 2 is 1.68 bits per heavy atom. The number of hydrogen-bond acceptors (Lipinski definition) is 6. The first-order valence-electron chi connectivity index (χ1n) is 9.56. The summed E-state index contributed by atoms with van der Waals surface area (Å²) in [6, 6.07) is 24.6. The molecule has 0 aliphatic carbocycles. The van der Waals surface area contributed by atoms with Gasteiger partial charge in [0.25, 0.3) is 0 Å². The number of nitrogens with two attached hydrogens (primary N) is 1. The number of para-hydroxylation sites is 1. The van der Waals surface area contributed by atoms with Gasteiger partial charge in [-0.05, 0) is 54.6 Å². The van der Waals surface area contributed by atoms with Gasteiger partial charge in [-0.15, -0.1) is 0 Å². The van der Waals surface area contributed by atoms with Crippen LogP contribution in [0.5, 0.6) is 11.5 Å². The lowest BCUT2D eigenvalue weighted by molar-refractivity contribution is 0.483. The molecular weight excluding hydrogens is 388 g/mol. The van der Waals surface area contributed by atoms with Crippen molar-refractivity contribution in [3.63, 3.8) is 0 Å². The maximum absolute atomic E-state index is 9.46. The highest BCUT2D eigenvalue weighted by Gasteiger charge is 2.17. The molecule has 7 heteroatoms. The van der Waals surface area contributed by atoms with E-state index in [9.17, 15) is 5.26 Å². The Kier molecular flexibility index (Phi) is 4.50. The summed E-state index contributed by atoms with van der Waals surface area (Å²) in [6.07, 6.45) is 1.64. The zero-order valence-electron chi connectivity index (χ0n) is 16.3. The van der Waals surface area contributed by atoms with Gasteiger partial charge < -0.3 is 10.5 Å². The Morgan fingerprint density at radius 3 is 2.45 bits per heavy atom. The van der Waals surface area contributed by atoms with E-state index in [1.165, 1.54) is 0 Å². The van der Waals surface area contributed by atoms with Gasteiger partial charge >= 0.3 is 0 Å². The molecule has 31 heavy (non-hydrogen) atoms. The first-order valence-corrected chi connectivity index (χ1v) is 9.56. The molecular formula is C24H16N6O. The number of nitriles is 1. The van der Waals surface area contributed by atoms with Gasteiger partial charge in [0, 0.05) is 11.8 Å². The van der Waals surface area contributed by atoms with Gasteiger partial charge in [-0.25, -0.2) is 4.98 Å². The lowest BCUT2D eigenvalue weighted by Gasteiger charge is -2.10. The number of pyridine rings is 2. The summed E-state index contributed by atoms with van der Waals surface area (Å²) in [5, 5.41) is 17.3. The first kappa shape index (κ1) is 18.3. The number of ether oxygens (including phenoxy) is 1. The number of rotatable bonds is 4. The third-order valence-corrected chi connectivity index (χ3v) is 4.85. The minimum Gasteiger partial charge on any atom is -0.457 e. The van der Waals surface area contributed by atoms with Gasteiger partial charge in [0.05, 0.1) is 27.9 Å². The lowest BCUT2D eigenvalue weighted by atomic mass is 10.0. The molecule has 0 amide bonds. The maximum Gasteiger partial charge on any atom is 0.155 e. The van der Waals surface area contributed by atoms with Crippen molar-refractivity contribution in [3.05, 3.63) is 84.6 Å². The van der Waals surface area contributed by atoms with E-state index >= 15 is 0 Å². The maximum atomic E-state index is 9.46. The van der Waals surface area contributed by atoms with E-state index < -0.39 is 0 Å². The average molecular weight is 404 g/mol. The molecule has 3 N–H and O–H groups in total. The van der Waals surface area contributed by atoms with E-state index in [0.29, 0.717) is 34.2 Å². The van der Waals surface area contributed by atoms with Gasteiger partial charge in [-0.3, -0.25) is 10.1 Å². The number of anilines is 1. The number of aromatic nitrogens is 4. The molecule has 0 saturated carbocycles. The first-order chi connectivity index (χ1) is 15.2. The number of nitrogens with one attached hydrogen (secondary N) is 1. The Hall–Kier alpha value is -4.70. The fourth-order valence-corrected chi connectivity index (χ4v) is 3.40. The largest absolute Gasteiger partial charge is 0.457 e. The summed E-state index contributed by atoms with van der Waals surface area (Å²) < 4.78 is 5.88. The van der Waals surface area contributed by atoms with Crippen LogP contribution in [0.3, 0.4) is 0 Å². The van der Waals surface area contributed by atoms with Gasteiger partial charge in [0.15, 0.2) is 5.82 Å². The predicted molar refractivity (Wildman–Crippen MR) is 118 cm³/mol. The summed E-state index contributed by atoms with van der Waals surface area (Å²) in [7, 11) is 0. The van der Waals surface area contributed by atoms with E-state index in [4.69, 9.17) is 15.5 Å². The molecule has 0 saturated heterocycles. The number of H-pyrrole nitrogens is 1. The van der Waals surface area contributed by atoms with E-state index in [1.54, 1.807) is 24.4 Å². The monoisotopic (exact) mass is 404 g/mol. The Balaban J connectivity index is 1.61. The van der Waals surface area contributed by atoms with Crippen LogP contribution in [0.1, 0.15) is 5.56 Å². The third kappa shape index (κ3) is 3.43. The molecule has 0 bridgehead atoms. The van der Waals surface area contributed by atoms with E-state index in [1.807, 2.05) is 54.6 Å². The van der Waals surface area contributed by atoms with Crippen LogP contribution in [0.4, 0.5) is 5.82 Å². The molecule has 2 aromatic carbocycles. The fraction of sp³-hybridized carbons (Fsp3) is 0. The van der Waals surface area contributed by atoms with E-state index in [2.05, 4.69) is 21.3 Å². The highest BCUT2D eigenvalue weighted by molar-refractivity contribution is 6.01. The minimum atomic E-state index is 0.357. The van der Waals surface area contributed by atoms with Crippen molar-refractivity contribution in [2.75, 3.05) is 5.73 Å². The van der Waals surface area contributed by atoms with Crippen LogP contribution in [-0.4, -0.2) is 20.2 Å². The van der Waals surface area contributed by atoms with Crippen LogP contribution >= 0.6 is 0 Å². The summed E-state index contributed by atoms with van der Waals surface area (Å²) in [5.74, 6) is 1.82. The predicted octanol–water partition coefficient (Wildman–Crippen LogP) is 4.93. The third-order valence-electron chi connectivity index (χ3n) is 4.85. The molecule has 0 unspecified atom stereocenters. The lowest BCUT2D eigenvalue weighted by Crippen LogP contribution is -1.96. The van der Waals surface area contributed by atoms with Crippen molar-refractivity contribution in [2.45, 2.75) is 0 Å². The molecule has 5 rings (SSSR count). The van der Waals surface area contributed by atoms with Crippen LogP contribution in [0.25, 0.3) is 33.5 Å². The second-order valence-corrected chi connectivity index (χ2v) is 6.84. The highest BCUT2D eigenvalue weighted by atomic mass is 16.5. The van der Waals surface area contributed by atoms with Crippen molar-refractivity contribution >= 4 is 16.7 Å². The molecule has 0 fully saturated rings. The quantitative estimate of drug-likeness (QED) is 0.439. The second-order valence-electron chi connectivity index (χ2n) is 6.84. The van der Waals surface area contributed by atoms with Gasteiger partial charge in [0.1, 0.15) is 23.3 Å². The van der Waals surface area contributed by atoms with E-state index in [-0.39, 0.29) is 0 Å². The van der Waals surface area contributed by atoms with Crippen molar-refractivity contribution < 1.29 is 4.74 Å². The molecule has 148 valence electrons. The smallest absolute Gasteiger partial charge is 0.155 e. The molecule has 3 heterocycles. The number of fused-ring (bicyclic) bond motifs is 1. The Labute approximate surface area is 177 Å². The Morgan fingerprint density at radius 1 is 0.903 bits per heavy atom. The molecule has 3 aromatic heterocycles. The van der Waals surface area contributed by atoms with Crippen LogP contribution in [0.2, 0.25) is 0 Å². The number of nitrogen functional groups attached to an aromatic ring is 1. The number of benzene rings is 2. The highest BCUT2D eigenvalue weighted by Crippen LogP contribution is 2.34. The SMILES string of the molecule is N#Cc1cccnc1-c1cc2[nH]nc(N)c2c(-c2ccc(Oc3ccccc3)cc2)n1. The molecule has 0 aliphatic heterocycles. The molecule has 0 spiro atoms. The summed E-state index contributed by atoms with van der Waals surface area (Å²) in [5.41, 5.74) is 9.84. The molecule has 0 radical (unpaired) electrons. The normalized spacial score (nSPS) is 10.7. The summed E-state index contributed by atoms with van der Waals surface area (Å²) in [4.78, 5) is 9.16. The minimum absolute atomic E-state index is 0.357. The van der Waals surface area contributed by atoms with Gasteiger partial charge in [0.2, 0.25) is 0 Å². The van der Waals surface area contributed by atoms with Crippen LogP contribution < -0.4 is 10.5 Å². The zero-order chi connectivity index (χ0) is 21.2. The second kappa shape index (κ2) is 7.61. The Bertz CT molecular complexity index is 1420. The van der Waals surface area contributed by atoms with E-state index in [0.717, 1.165) is 22.2 Å². The van der Waals surface area contributed by atoms with Crippen molar-refractivity contribution in [3.8, 4) is 40.2 Å². The average Bonchev–Trinajstić information content (AvgIpc) is 3.20. The van der Waals surface area contributed by atoms with Crippen LogP contribution in [0.15, 0.2) is 79.0 Å². The van der Waals surface area contributed by atoms with Gasteiger partial charge in [-0.2, -0.15) is 10.4 Å². The topological polar surface area (TPSA) is 114 Å². The number of nitrogens with zero attached hydrogens (tertiary/aromatic N) is 4. The van der Waals surface area contributed by atoms with Crippen LogP contribution in [0, 0.1) is 11.3 Å².